The summed E-state index contributed by atoms with van der Waals surface area (Å²) in [5, 5.41) is 10.9. The molecule has 0 aliphatic heterocycles. The lowest BCUT2D eigenvalue weighted by atomic mass is 10.1. The third-order valence-electron chi connectivity index (χ3n) is 2.80. The molecule has 6 heteroatoms. The first-order valence-electron chi connectivity index (χ1n) is 6.15. The lowest BCUT2D eigenvalue weighted by molar-refractivity contribution is -0.385. The van der Waals surface area contributed by atoms with Gasteiger partial charge in [0.2, 0.25) is 0 Å². The van der Waals surface area contributed by atoms with Gasteiger partial charge in [-0.1, -0.05) is 24.3 Å². The van der Waals surface area contributed by atoms with Crippen LogP contribution in [0.5, 0.6) is 5.75 Å². The van der Waals surface area contributed by atoms with Gasteiger partial charge in [0.1, 0.15) is 6.61 Å². The van der Waals surface area contributed by atoms with E-state index in [1.165, 1.54) is 19.2 Å². The Morgan fingerprint density at radius 2 is 1.95 bits per heavy atom. The highest BCUT2D eigenvalue weighted by Crippen LogP contribution is 2.26. The van der Waals surface area contributed by atoms with Gasteiger partial charge in [-0.25, -0.2) is 4.79 Å². The Hall–Kier alpha value is -2.89. The average molecular weight is 287 g/mol. The number of rotatable bonds is 5. The van der Waals surface area contributed by atoms with Crippen LogP contribution in [-0.2, 0) is 11.3 Å². The Labute approximate surface area is 121 Å². The fourth-order valence-electron chi connectivity index (χ4n) is 1.80. The molecule has 0 N–H and O–H groups in total. The maximum atomic E-state index is 11.4. The number of para-hydroxylation sites is 2. The average Bonchev–Trinajstić information content (AvgIpc) is 2.52. The number of benzene rings is 2. The number of hydrogen-bond donors (Lipinski definition) is 0. The molecule has 0 fully saturated rings. The second-order valence-electron chi connectivity index (χ2n) is 4.21. The topological polar surface area (TPSA) is 78.7 Å². The number of carbonyl (C=O) groups is 1. The van der Waals surface area contributed by atoms with Crippen molar-refractivity contribution in [3.05, 3.63) is 69.8 Å². The zero-order chi connectivity index (χ0) is 15.2. The number of esters is 1. The van der Waals surface area contributed by atoms with Crippen LogP contribution in [0.15, 0.2) is 48.5 Å². The second kappa shape index (κ2) is 6.51. The summed E-state index contributed by atoms with van der Waals surface area (Å²) in [5.74, 6) is -0.256. The zero-order valence-electron chi connectivity index (χ0n) is 11.3. The summed E-state index contributed by atoms with van der Waals surface area (Å²) < 4.78 is 10.1. The smallest absolute Gasteiger partial charge is 0.337 e. The third kappa shape index (κ3) is 3.56. The highest BCUT2D eigenvalue weighted by molar-refractivity contribution is 5.89. The van der Waals surface area contributed by atoms with E-state index in [0.717, 1.165) is 5.56 Å². The van der Waals surface area contributed by atoms with Crippen molar-refractivity contribution in [2.75, 3.05) is 7.11 Å². The predicted molar refractivity (Wildman–Crippen MR) is 75.2 cm³/mol. The molecular formula is C15H13NO5. The van der Waals surface area contributed by atoms with E-state index in [2.05, 4.69) is 4.74 Å². The van der Waals surface area contributed by atoms with Crippen LogP contribution in [0.25, 0.3) is 0 Å². The molecule has 0 unspecified atom stereocenters. The van der Waals surface area contributed by atoms with Crippen molar-refractivity contribution >= 4 is 11.7 Å². The summed E-state index contributed by atoms with van der Waals surface area (Å²) >= 11 is 0. The lowest BCUT2D eigenvalue weighted by Gasteiger charge is -2.07. The van der Waals surface area contributed by atoms with E-state index in [4.69, 9.17) is 4.74 Å². The SMILES string of the molecule is COC(=O)c1cccc(COc2ccccc2[N+](=O)[O-])c1. The molecule has 0 atom stereocenters. The van der Waals surface area contributed by atoms with E-state index >= 15 is 0 Å². The van der Waals surface area contributed by atoms with Crippen LogP contribution in [0, 0.1) is 10.1 Å². The van der Waals surface area contributed by atoms with E-state index in [0.29, 0.717) is 5.56 Å². The molecular weight excluding hydrogens is 274 g/mol. The van der Waals surface area contributed by atoms with Gasteiger partial charge in [0.25, 0.3) is 0 Å². The van der Waals surface area contributed by atoms with Gasteiger partial charge in [0, 0.05) is 6.07 Å². The molecule has 0 aromatic heterocycles. The van der Waals surface area contributed by atoms with Crippen molar-refractivity contribution in [2.45, 2.75) is 6.61 Å². The summed E-state index contributed by atoms with van der Waals surface area (Å²) in [4.78, 5) is 21.8. The van der Waals surface area contributed by atoms with E-state index in [-0.39, 0.29) is 18.0 Å². The Balaban J connectivity index is 2.14. The summed E-state index contributed by atoms with van der Waals surface area (Å²) in [5.41, 5.74) is 1.03. The Morgan fingerprint density at radius 1 is 1.19 bits per heavy atom. The van der Waals surface area contributed by atoms with Gasteiger partial charge >= 0.3 is 11.7 Å². The van der Waals surface area contributed by atoms with E-state index in [1.54, 1.807) is 36.4 Å². The first kappa shape index (κ1) is 14.5. The molecule has 0 saturated heterocycles. The molecule has 0 bridgehead atoms. The Kier molecular flexibility index (Phi) is 4.50. The van der Waals surface area contributed by atoms with Crippen LogP contribution < -0.4 is 4.74 Å². The minimum atomic E-state index is -0.500. The molecule has 0 spiro atoms. The van der Waals surface area contributed by atoms with Gasteiger partial charge in [-0.15, -0.1) is 0 Å². The number of nitrogens with zero attached hydrogens (tertiary/aromatic N) is 1. The highest BCUT2D eigenvalue weighted by atomic mass is 16.6. The molecule has 2 aromatic carbocycles. The largest absolute Gasteiger partial charge is 0.482 e. The normalized spacial score (nSPS) is 9.95. The van der Waals surface area contributed by atoms with Crippen molar-refractivity contribution in [1.82, 2.24) is 0 Å². The minimum absolute atomic E-state index is 0.0957. The fraction of sp³-hybridized carbons (Fsp3) is 0.133. The minimum Gasteiger partial charge on any atom is -0.482 e. The highest BCUT2D eigenvalue weighted by Gasteiger charge is 2.14. The van der Waals surface area contributed by atoms with Crippen LogP contribution in [0.2, 0.25) is 0 Å². The lowest BCUT2D eigenvalue weighted by Crippen LogP contribution is -2.03. The zero-order valence-corrected chi connectivity index (χ0v) is 11.3. The van der Waals surface area contributed by atoms with Crippen molar-refractivity contribution in [2.24, 2.45) is 0 Å². The molecule has 0 aliphatic carbocycles. The van der Waals surface area contributed by atoms with Gasteiger partial charge in [-0.05, 0) is 23.8 Å². The maximum Gasteiger partial charge on any atom is 0.337 e. The Bertz CT molecular complexity index is 669. The molecule has 0 saturated carbocycles. The molecule has 0 amide bonds. The predicted octanol–water partition coefficient (Wildman–Crippen LogP) is 2.96. The van der Waals surface area contributed by atoms with E-state index in [9.17, 15) is 14.9 Å². The van der Waals surface area contributed by atoms with Crippen molar-refractivity contribution < 1.29 is 19.2 Å². The number of hydrogen-bond acceptors (Lipinski definition) is 5. The summed E-state index contributed by atoms with van der Waals surface area (Å²) in [6, 6.07) is 12.9. The summed E-state index contributed by atoms with van der Waals surface area (Å²) in [7, 11) is 1.30. The molecule has 0 aliphatic rings. The first-order chi connectivity index (χ1) is 10.1. The number of methoxy groups -OCH3 is 1. The van der Waals surface area contributed by atoms with Crippen LogP contribution in [-0.4, -0.2) is 18.0 Å². The molecule has 21 heavy (non-hydrogen) atoms. The molecule has 0 radical (unpaired) electrons. The van der Waals surface area contributed by atoms with Crippen LogP contribution >= 0.6 is 0 Å². The van der Waals surface area contributed by atoms with Gasteiger partial charge in [0.15, 0.2) is 5.75 Å². The molecule has 2 aromatic rings. The monoisotopic (exact) mass is 287 g/mol. The van der Waals surface area contributed by atoms with Gasteiger partial charge in [-0.3, -0.25) is 10.1 Å². The van der Waals surface area contributed by atoms with Gasteiger partial charge in [0.05, 0.1) is 17.6 Å². The fourth-order valence-corrected chi connectivity index (χ4v) is 1.80. The van der Waals surface area contributed by atoms with Gasteiger partial charge in [-0.2, -0.15) is 0 Å². The van der Waals surface area contributed by atoms with Crippen molar-refractivity contribution in [3.63, 3.8) is 0 Å². The second-order valence-corrected chi connectivity index (χ2v) is 4.21. The maximum absolute atomic E-state index is 11.4. The van der Waals surface area contributed by atoms with Crippen LogP contribution in [0.1, 0.15) is 15.9 Å². The first-order valence-corrected chi connectivity index (χ1v) is 6.15. The van der Waals surface area contributed by atoms with Crippen LogP contribution in [0.3, 0.4) is 0 Å². The summed E-state index contributed by atoms with van der Waals surface area (Å²) in [6.45, 7) is 0.121. The van der Waals surface area contributed by atoms with Crippen molar-refractivity contribution in [1.29, 1.82) is 0 Å². The third-order valence-corrected chi connectivity index (χ3v) is 2.80. The van der Waals surface area contributed by atoms with Crippen molar-refractivity contribution in [3.8, 4) is 5.75 Å². The summed E-state index contributed by atoms with van der Waals surface area (Å²) in [6.07, 6.45) is 0. The number of nitro groups is 1. The standard InChI is InChI=1S/C15H13NO5/c1-20-15(17)12-6-4-5-11(9-12)10-21-14-8-3-2-7-13(14)16(18)19/h2-9H,10H2,1H3. The molecule has 2 rings (SSSR count). The Morgan fingerprint density at radius 3 is 2.67 bits per heavy atom. The number of ether oxygens (including phenoxy) is 2. The van der Waals surface area contributed by atoms with E-state index in [1.807, 2.05) is 0 Å². The quantitative estimate of drug-likeness (QED) is 0.480. The number of nitro benzene ring substituents is 1. The molecule has 6 nitrogen and oxygen atoms in total. The molecule has 0 heterocycles. The van der Waals surface area contributed by atoms with Gasteiger partial charge < -0.3 is 9.47 Å². The van der Waals surface area contributed by atoms with E-state index < -0.39 is 10.9 Å². The molecule has 108 valence electrons. The number of carbonyl (C=O) groups excluding carboxylic acids is 1. The van der Waals surface area contributed by atoms with Crippen LogP contribution in [0.4, 0.5) is 5.69 Å².